The van der Waals surface area contributed by atoms with E-state index in [9.17, 15) is 0 Å². The molecule has 0 bridgehead atoms. The molecule has 2 rings (SSSR count). The summed E-state index contributed by atoms with van der Waals surface area (Å²) in [4.78, 5) is 0. The first kappa shape index (κ1) is 11.5. The Kier molecular flexibility index (Phi) is 3.05. The van der Waals surface area contributed by atoms with Crippen LogP contribution in [0.1, 0.15) is 16.7 Å². The molecule has 0 spiro atoms. The van der Waals surface area contributed by atoms with E-state index in [-0.39, 0.29) is 0 Å². The first-order valence-electron chi connectivity index (χ1n) is 5.68. The highest BCUT2D eigenvalue weighted by molar-refractivity contribution is 5.55. The lowest BCUT2D eigenvalue weighted by Crippen LogP contribution is -1.95. The van der Waals surface area contributed by atoms with E-state index < -0.39 is 0 Å². The second-order valence-electron chi connectivity index (χ2n) is 4.34. The Morgan fingerprint density at radius 2 is 1.65 bits per heavy atom. The summed E-state index contributed by atoms with van der Waals surface area (Å²) < 4.78 is 5.88. The predicted molar refractivity (Wildman–Crippen MR) is 71.6 cm³/mol. The van der Waals surface area contributed by atoms with Gasteiger partial charge in [0.05, 0.1) is 5.69 Å². The first-order chi connectivity index (χ1) is 8.08. The Morgan fingerprint density at radius 3 is 2.35 bits per heavy atom. The van der Waals surface area contributed by atoms with Crippen molar-refractivity contribution in [3.63, 3.8) is 0 Å². The zero-order chi connectivity index (χ0) is 12.4. The number of para-hydroxylation sites is 2. The summed E-state index contributed by atoms with van der Waals surface area (Å²) in [5.74, 6) is 1.58. The van der Waals surface area contributed by atoms with Gasteiger partial charge in [0.2, 0.25) is 0 Å². The maximum atomic E-state index is 5.88. The van der Waals surface area contributed by atoms with Gasteiger partial charge < -0.3 is 10.5 Å². The van der Waals surface area contributed by atoms with Gasteiger partial charge in [-0.25, -0.2) is 0 Å². The van der Waals surface area contributed by atoms with Gasteiger partial charge in [-0.3, -0.25) is 0 Å². The van der Waals surface area contributed by atoms with Crippen LogP contribution in [0, 0.1) is 20.8 Å². The highest BCUT2D eigenvalue weighted by atomic mass is 16.5. The van der Waals surface area contributed by atoms with Crippen molar-refractivity contribution < 1.29 is 4.74 Å². The van der Waals surface area contributed by atoms with Crippen molar-refractivity contribution in [3.8, 4) is 11.5 Å². The Hall–Kier alpha value is -1.96. The van der Waals surface area contributed by atoms with Crippen molar-refractivity contribution in [3.05, 3.63) is 53.1 Å². The normalized spacial score (nSPS) is 10.3. The van der Waals surface area contributed by atoms with E-state index in [0.29, 0.717) is 11.4 Å². The van der Waals surface area contributed by atoms with E-state index in [4.69, 9.17) is 10.5 Å². The zero-order valence-corrected chi connectivity index (χ0v) is 10.4. The molecule has 0 unspecified atom stereocenters. The summed E-state index contributed by atoms with van der Waals surface area (Å²) in [5, 5.41) is 0. The average Bonchev–Trinajstić information content (AvgIpc) is 2.28. The molecular weight excluding hydrogens is 210 g/mol. The standard InChI is InChI=1S/C15H17NO/c1-10-8-11(2)12(3)15(9-10)17-14-7-5-4-6-13(14)16/h4-9H,16H2,1-3H3. The highest BCUT2D eigenvalue weighted by Crippen LogP contribution is 2.31. The molecule has 0 amide bonds. The van der Waals surface area contributed by atoms with Crippen molar-refractivity contribution in [2.75, 3.05) is 5.73 Å². The van der Waals surface area contributed by atoms with Gasteiger partial charge in [-0.15, -0.1) is 0 Å². The molecule has 0 aliphatic carbocycles. The number of rotatable bonds is 2. The number of hydrogen-bond acceptors (Lipinski definition) is 2. The van der Waals surface area contributed by atoms with Crippen LogP contribution in [0.5, 0.6) is 11.5 Å². The van der Waals surface area contributed by atoms with Gasteiger partial charge in [-0.05, 0) is 55.7 Å². The van der Waals surface area contributed by atoms with Gasteiger partial charge in [0, 0.05) is 0 Å². The fourth-order valence-electron chi connectivity index (χ4n) is 1.80. The second kappa shape index (κ2) is 4.50. The Balaban J connectivity index is 2.40. The molecule has 0 saturated heterocycles. The maximum absolute atomic E-state index is 5.88. The number of nitrogens with two attached hydrogens (primary N) is 1. The van der Waals surface area contributed by atoms with E-state index in [1.54, 1.807) is 0 Å². The fraction of sp³-hybridized carbons (Fsp3) is 0.200. The first-order valence-corrected chi connectivity index (χ1v) is 5.68. The minimum Gasteiger partial charge on any atom is -0.455 e. The van der Waals surface area contributed by atoms with Crippen LogP contribution in [0.25, 0.3) is 0 Å². The van der Waals surface area contributed by atoms with Gasteiger partial charge >= 0.3 is 0 Å². The lowest BCUT2D eigenvalue weighted by molar-refractivity contribution is 0.480. The largest absolute Gasteiger partial charge is 0.455 e. The minimum absolute atomic E-state index is 0.658. The third kappa shape index (κ3) is 2.41. The smallest absolute Gasteiger partial charge is 0.150 e. The molecule has 0 fully saturated rings. The lowest BCUT2D eigenvalue weighted by Gasteiger charge is -2.13. The molecule has 0 aliphatic rings. The zero-order valence-electron chi connectivity index (χ0n) is 10.4. The van der Waals surface area contributed by atoms with Crippen LogP contribution in [0.15, 0.2) is 36.4 Å². The SMILES string of the molecule is Cc1cc(C)c(C)c(Oc2ccccc2N)c1. The van der Waals surface area contributed by atoms with Gasteiger partial charge in [-0.2, -0.15) is 0 Å². The molecule has 2 heteroatoms. The molecule has 0 saturated carbocycles. The van der Waals surface area contributed by atoms with Crippen LogP contribution in [-0.4, -0.2) is 0 Å². The van der Waals surface area contributed by atoms with Crippen LogP contribution < -0.4 is 10.5 Å². The molecule has 17 heavy (non-hydrogen) atoms. The van der Waals surface area contributed by atoms with Gasteiger partial charge in [-0.1, -0.05) is 18.2 Å². The Labute approximate surface area is 102 Å². The van der Waals surface area contributed by atoms with E-state index in [0.717, 1.165) is 11.3 Å². The van der Waals surface area contributed by atoms with E-state index in [2.05, 4.69) is 26.8 Å². The lowest BCUT2D eigenvalue weighted by atomic mass is 10.1. The van der Waals surface area contributed by atoms with Crippen molar-refractivity contribution in [2.45, 2.75) is 20.8 Å². The topological polar surface area (TPSA) is 35.2 Å². The van der Waals surface area contributed by atoms with E-state index in [1.165, 1.54) is 11.1 Å². The summed E-state index contributed by atoms with van der Waals surface area (Å²) in [6, 6.07) is 11.7. The number of hydrogen-bond donors (Lipinski definition) is 1. The molecule has 2 aromatic rings. The van der Waals surface area contributed by atoms with Crippen molar-refractivity contribution in [1.29, 1.82) is 0 Å². The molecule has 2 N–H and O–H groups in total. The quantitative estimate of drug-likeness (QED) is 0.787. The van der Waals surface area contributed by atoms with Crippen LogP contribution in [0.2, 0.25) is 0 Å². The van der Waals surface area contributed by atoms with Crippen molar-refractivity contribution in [1.82, 2.24) is 0 Å². The summed E-state index contributed by atoms with van der Waals surface area (Å²) in [6.07, 6.45) is 0. The number of aryl methyl sites for hydroxylation is 2. The molecule has 0 aliphatic heterocycles. The number of benzene rings is 2. The number of nitrogen functional groups attached to an aromatic ring is 1. The molecule has 2 aromatic carbocycles. The van der Waals surface area contributed by atoms with Gasteiger partial charge in [0.1, 0.15) is 11.5 Å². The molecule has 88 valence electrons. The van der Waals surface area contributed by atoms with E-state index in [1.807, 2.05) is 30.3 Å². The summed E-state index contributed by atoms with van der Waals surface area (Å²) >= 11 is 0. The van der Waals surface area contributed by atoms with Crippen LogP contribution in [0.4, 0.5) is 5.69 Å². The van der Waals surface area contributed by atoms with Crippen molar-refractivity contribution in [2.24, 2.45) is 0 Å². The average molecular weight is 227 g/mol. The monoisotopic (exact) mass is 227 g/mol. The third-order valence-corrected chi connectivity index (χ3v) is 2.90. The highest BCUT2D eigenvalue weighted by Gasteiger charge is 2.06. The Morgan fingerprint density at radius 1 is 0.941 bits per heavy atom. The molecule has 0 radical (unpaired) electrons. The van der Waals surface area contributed by atoms with Gasteiger partial charge in [0.15, 0.2) is 0 Å². The van der Waals surface area contributed by atoms with Gasteiger partial charge in [0.25, 0.3) is 0 Å². The summed E-state index contributed by atoms with van der Waals surface area (Å²) in [7, 11) is 0. The Bertz CT molecular complexity index is 547. The predicted octanol–water partition coefficient (Wildman–Crippen LogP) is 3.99. The molecule has 0 heterocycles. The molecule has 0 atom stereocenters. The fourth-order valence-corrected chi connectivity index (χ4v) is 1.80. The molecule has 2 nitrogen and oxygen atoms in total. The van der Waals surface area contributed by atoms with E-state index >= 15 is 0 Å². The molecular formula is C15H17NO. The molecule has 0 aromatic heterocycles. The summed E-state index contributed by atoms with van der Waals surface area (Å²) in [5.41, 5.74) is 10.1. The third-order valence-electron chi connectivity index (χ3n) is 2.90. The maximum Gasteiger partial charge on any atom is 0.150 e. The minimum atomic E-state index is 0.658. The van der Waals surface area contributed by atoms with Crippen LogP contribution in [-0.2, 0) is 0 Å². The second-order valence-corrected chi connectivity index (χ2v) is 4.34. The van der Waals surface area contributed by atoms with Crippen LogP contribution in [0.3, 0.4) is 0 Å². The number of anilines is 1. The van der Waals surface area contributed by atoms with Crippen LogP contribution >= 0.6 is 0 Å². The number of ether oxygens (including phenoxy) is 1. The van der Waals surface area contributed by atoms with Crippen molar-refractivity contribution >= 4 is 5.69 Å². The summed E-state index contributed by atoms with van der Waals surface area (Å²) in [6.45, 7) is 6.21.